The Morgan fingerprint density at radius 2 is 2.20 bits per heavy atom. The van der Waals surface area contributed by atoms with Crippen LogP contribution in [0.1, 0.15) is 32.6 Å². The molecule has 5 heteroatoms. The van der Waals surface area contributed by atoms with E-state index >= 15 is 0 Å². The molecule has 0 spiro atoms. The summed E-state index contributed by atoms with van der Waals surface area (Å²) in [4.78, 5) is 18.5. The molecule has 0 saturated carbocycles. The lowest BCUT2D eigenvalue weighted by molar-refractivity contribution is -0.130. The number of nitriles is 1. The van der Waals surface area contributed by atoms with Crippen LogP contribution in [0.2, 0.25) is 0 Å². The van der Waals surface area contributed by atoms with Gasteiger partial charge in [0.1, 0.15) is 0 Å². The Kier molecular flexibility index (Phi) is 7.56. The van der Waals surface area contributed by atoms with Crippen LogP contribution < -0.4 is 0 Å². The van der Waals surface area contributed by atoms with Crippen molar-refractivity contribution in [1.82, 2.24) is 14.7 Å². The third-order valence-electron chi connectivity index (χ3n) is 4.09. The number of hydrogen-bond donors (Lipinski definition) is 0. The zero-order chi connectivity index (χ0) is 15.0. The van der Waals surface area contributed by atoms with Crippen LogP contribution >= 0.6 is 0 Å². The van der Waals surface area contributed by atoms with E-state index in [9.17, 15) is 4.79 Å². The van der Waals surface area contributed by atoms with Crippen molar-refractivity contribution < 1.29 is 4.79 Å². The maximum atomic E-state index is 12.0. The molecule has 0 aromatic rings. The molecular weight excluding hydrogens is 252 g/mol. The fraction of sp³-hybridized carbons (Fsp3) is 0.867. The Balaban J connectivity index is 2.42. The van der Waals surface area contributed by atoms with E-state index in [1.165, 1.54) is 6.42 Å². The molecule has 1 aliphatic heterocycles. The molecule has 0 N–H and O–H groups in total. The van der Waals surface area contributed by atoms with Gasteiger partial charge in [-0.05, 0) is 33.0 Å². The maximum absolute atomic E-state index is 12.0. The van der Waals surface area contributed by atoms with E-state index in [1.807, 2.05) is 0 Å². The van der Waals surface area contributed by atoms with Gasteiger partial charge in [-0.1, -0.05) is 6.92 Å². The summed E-state index contributed by atoms with van der Waals surface area (Å²) < 4.78 is 0. The zero-order valence-electron chi connectivity index (χ0n) is 13.1. The lowest BCUT2D eigenvalue weighted by Crippen LogP contribution is -2.41. The summed E-state index contributed by atoms with van der Waals surface area (Å²) in [7, 11) is 3.96. The van der Waals surface area contributed by atoms with Crippen molar-refractivity contribution in [1.29, 1.82) is 5.26 Å². The molecule has 114 valence electrons. The zero-order valence-corrected chi connectivity index (χ0v) is 13.1. The Bertz CT molecular complexity index is 339. The van der Waals surface area contributed by atoms with E-state index in [-0.39, 0.29) is 5.91 Å². The molecular formula is C15H28N4O. The van der Waals surface area contributed by atoms with Gasteiger partial charge in [-0.15, -0.1) is 0 Å². The van der Waals surface area contributed by atoms with E-state index in [2.05, 4.69) is 29.8 Å². The van der Waals surface area contributed by atoms with Crippen molar-refractivity contribution in [2.45, 2.75) is 38.6 Å². The van der Waals surface area contributed by atoms with E-state index < -0.39 is 0 Å². The lowest BCUT2D eigenvalue weighted by Gasteiger charge is -2.30. The molecule has 1 atom stereocenters. The average Bonchev–Trinajstić information content (AvgIpc) is 2.63. The highest BCUT2D eigenvalue weighted by molar-refractivity contribution is 5.76. The highest BCUT2D eigenvalue weighted by Gasteiger charge is 2.22. The predicted octanol–water partition coefficient (Wildman–Crippen LogP) is 1.16. The molecule has 1 saturated heterocycles. The normalized spacial score (nSPS) is 21.2. The van der Waals surface area contributed by atoms with Gasteiger partial charge < -0.3 is 9.80 Å². The SMILES string of the molecule is CCC1CN(C)CCCN1CCC(=O)N(C)CCC#N. The minimum Gasteiger partial charge on any atom is -0.345 e. The first-order valence-electron chi connectivity index (χ1n) is 7.62. The molecule has 1 rings (SSSR count). The molecule has 1 amide bonds. The third-order valence-corrected chi connectivity index (χ3v) is 4.09. The van der Waals surface area contributed by atoms with Crippen molar-refractivity contribution in [3.05, 3.63) is 0 Å². The number of likely N-dealkylation sites (N-methyl/N-ethyl adjacent to an activating group) is 1. The fourth-order valence-corrected chi connectivity index (χ4v) is 2.75. The van der Waals surface area contributed by atoms with Gasteiger partial charge in [-0.3, -0.25) is 9.69 Å². The van der Waals surface area contributed by atoms with Gasteiger partial charge in [-0.25, -0.2) is 0 Å². The van der Waals surface area contributed by atoms with Gasteiger partial charge in [0.25, 0.3) is 0 Å². The quantitative estimate of drug-likeness (QED) is 0.733. The highest BCUT2D eigenvalue weighted by atomic mass is 16.2. The summed E-state index contributed by atoms with van der Waals surface area (Å²) in [5, 5.41) is 8.55. The van der Waals surface area contributed by atoms with Crippen LogP contribution in [-0.2, 0) is 4.79 Å². The number of carbonyl (C=O) groups excluding carboxylic acids is 1. The average molecular weight is 280 g/mol. The first-order chi connectivity index (χ1) is 9.58. The van der Waals surface area contributed by atoms with Gasteiger partial charge in [0.05, 0.1) is 12.5 Å². The first-order valence-corrected chi connectivity index (χ1v) is 7.62. The maximum Gasteiger partial charge on any atom is 0.223 e. The van der Waals surface area contributed by atoms with Crippen LogP contribution in [0.3, 0.4) is 0 Å². The number of carbonyl (C=O) groups is 1. The van der Waals surface area contributed by atoms with Crippen LogP contribution in [0.5, 0.6) is 0 Å². The van der Waals surface area contributed by atoms with Crippen LogP contribution in [0, 0.1) is 11.3 Å². The summed E-state index contributed by atoms with van der Waals surface area (Å²) >= 11 is 0. The molecule has 0 bridgehead atoms. The minimum absolute atomic E-state index is 0.146. The molecule has 1 fully saturated rings. The van der Waals surface area contributed by atoms with Gasteiger partial charge in [0.2, 0.25) is 5.91 Å². The van der Waals surface area contributed by atoms with Crippen LogP contribution in [-0.4, -0.2) is 73.5 Å². The summed E-state index contributed by atoms with van der Waals surface area (Å²) in [6.45, 7) is 6.91. The molecule has 0 aromatic carbocycles. The second-order valence-corrected chi connectivity index (χ2v) is 5.69. The van der Waals surface area contributed by atoms with Crippen molar-refractivity contribution >= 4 is 5.91 Å². The standard InChI is InChI=1S/C15H28N4O/c1-4-14-13-17(2)9-6-11-19(14)12-7-15(20)18(3)10-5-8-16/h14H,4-7,9-13H2,1-3H3. The van der Waals surface area contributed by atoms with E-state index in [4.69, 9.17) is 5.26 Å². The molecule has 5 nitrogen and oxygen atoms in total. The second-order valence-electron chi connectivity index (χ2n) is 5.69. The highest BCUT2D eigenvalue weighted by Crippen LogP contribution is 2.12. The van der Waals surface area contributed by atoms with Crippen LogP contribution in [0.15, 0.2) is 0 Å². The monoisotopic (exact) mass is 280 g/mol. The van der Waals surface area contributed by atoms with Gasteiger partial charge in [0, 0.05) is 39.1 Å². The van der Waals surface area contributed by atoms with Crippen molar-refractivity contribution in [2.75, 3.05) is 46.8 Å². The summed E-state index contributed by atoms with van der Waals surface area (Å²) in [6, 6.07) is 2.63. The molecule has 1 heterocycles. The van der Waals surface area contributed by atoms with Crippen LogP contribution in [0.25, 0.3) is 0 Å². The Morgan fingerprint density at radius 3 is 2.85 bits per heavy atom. The van der Waals surface area contributed by atoms with Crippen molar-refractivity contribution in [2.24, 2.45) is 0 Å². The minimum atomic E-state index is 0.146. The van der Waals surface area contributed by atoms with Gasteiger partial charge in [0.15, 0.2) is 0 Å². The molecule has 0 radical (unpaired) electrons. The summed E-state index contributed by atoms with van der Waals surface area (Å²) in [6.07, 6.45) is 3.27. The molecule has 1 unspecified atom stereocenters. The molecule has 0 aromatic heterocycles. The Hall–Kier alpha value is -1.12. The topological polar surface area (TPSA) is 50.6 Å². The van der Waals surface area contributed by atoms with Gasteiger partial charge >= 0.3 is 0 Å². The number of rotatable bonds is 6. The number of hydrogen-bond acceptors (Lipinski definition) is 4. The van der Waals surface area contributed by atoms with Gasteiger partial charge in [-0.2, -0.15) is 5.26 Å². The van der Waals surface area contributed by atoms with Crippen molar-refractivity contribution in [3.63, 3.8) is 0 Å². The Morgan fingerprint density at radius 1 is 1.45 bits per heavy atom. The molecule has 0 aliphatic carbocycles. The fourth-order valence-electron chi connectivity index (χ4n) is 2.75. The lowest BCUT2D eigenvalue weighted by atomic mass is 10.1. The largest absolute Gasteiger partial charge is 0.345 e. The van der Waals surface area contributed by atoms with E-state index in [0.717, 1.165) is 32.6 Å². The number of nitrogens with zero attached hydrogens (tertiary/aromatic N) is 4. The molecule has 20 heavy (non-hydrogen) atoms. The Labute approximate surface area is 123 Å². The number of amides is 1. The predicted molar refractivity (Wildman–Crippen MR) is 80.3 cm³/mol. The molecule has 1 aliphatic rings. The van der Waals surface area contributed by atoms with Crippen LogP contribution in [0.4, 0.5) is 0 Å². The van der Waals surface area contributed by atoms with E-state index in [1.54, 1.807) is 11.9 Å². The summed E-state index contributed by atoms with van der Waals surface area (Å²) in [5.74, 6) is 0.146. The van der Waals surface area contributed by atoms with Crippen molar-refractivity contribution in [3.8, 4) is 6.07 Å². The third kappa shape index (κ3) is 5.48. The van der Waals surface area contributed by atoms with E-state index in [0.29, 0.717) is 25.4 Å². The second kappa shape index (κ2) is 8.93. The summed E-state index contributed by atoms with van der Waals surface area (Å²) in [5.41, 5.74) is 0. The first kappa shape index (κ1) is 16.9. The smallest absolute Gasteiger partial charge is 0.223 e.